The zero-order valence-electron chi connectivity index (χ0n) is 12.9. The molecule has 3 heterocycles. The Morgan fingerprint density at radius 2 is 2.24 bits per heavy atom. The van der Waals surface area contributed by atoms with Gasteiger partial charge in [-0.3, -0.25) is 4.98 Å². The molecule has 1 atom stereocenters. The molecular formula is C17H23N3O. The Hall–Kier alpha value is -1.68. The van der Waals surface area contributed by atoms with Gasteiger partial charge in [0.05, 0.1) is 18.1 Å². The van der Waals surface area contributed by atoms with E-state index in [9.17, 15) is 0 Å². The van der Waals surface area contributed by atoms with E-state index in [0.29, 0.717) is 5.88 Å². The van der Waals surface area contributed by atoms with Crippen molar-refractivity contribution < 1.29 is 4.74 Å². The van der Waals surface area contributed by atoms with Crippen molar-refractivity contribution in [1.82, 2.24) is 14.9 Å². The third kappa shape index (κ3) is 3.16. The number of rotatable bonds is 5. The number of fused-ring (bicyclic) bond motifs is 1. The highest BCUT2D eigenvalue weighted by molar-refractivity contribution is 5.78. The van der Waals surface area contributed by atoms with E-state index in [0.717, 1.165) is 29.9 Å². The van der Waals surface area contributed by atoms with Crippen LogP contribution in [-0.4, -0.2) is 41.6 Å². The smallest absolute Gasteiger partial charge is 0.213 e. The van der Waals surface area contributed by atoms with Crippen molar-refractivity contribution in [1.29, 1.82) is 0 Å². The van der Waals surface area contributed by atoms with Crippen LogP contribution in [0.4, 0.5) is 0 Å². The Balaban J connectivity index is 1.74. The fourth-order valence-electron chi connectivity index (χ4n) is 3.10. The van der Waals surface area contributed by atoms with Gasteiger partial charge >= 0.3 is 0 Å². The molecule has 4 nitrogen and oxygen atoms in total. The van der Waals surface area contributed by atoms with E-state index in [1.54, 1.807) is 7.11 Å². The van der Waals surface area contributed by atoms with E-state index in [2.05, 4.69) is 27.9 Å². The average molecular weight is 285 g/mol. The molecule has 1 fully saturated rings. The van der Waals surface area contributed by atoms with Crippen LogP contribution in [0.25, 0.3) is 11.0 Å². The normalized spacial score (nSPS) is 19.2. The number of nitrogens with zero attached hydrogens (tertiary/aromatic N) is 3. The maximum Gasteiger partial charge on any atom is 0.213 e. The molecular weight excluding hydrogens is 262 g/mol. The van der Waals surface area contributed by atoms with Gasteiger partial charge < -0.3 is 9.64 Å². The zero-order chi connectivity index (χ0) is 14.7. The number of hydrogen-bond donors (Lipinski definition) is 0. The Bertz CT molecular complexity index is 614. The van der Waals surface area contributed by atoms with Gasteiger partial charge in [0, 0.05) is 25.4 Å². The third-order valence-corrected chi connectivity index (χ3v) is 4.50. The van der Waals surface area contributed by atoms with Crippen molar-refractivity contribution >= 4 is 11.0 Å². The zero-order valence-corrected chi connectivity index (χ0v) is 12.9. The molecule has 1 saturated heterocycles. The highest BCUT2D eigenvalue weighted by Gasteiger charge is 2.20. The number of pyridine rings is 2. The number of aromatic nitrogens is 2. The molecule has 0 amide bonds. The largest absolute Gasteiger partial charge is 0.481 e. The molecule has 0 radical (unpaired) electrons. The van der Waals surface area contributed by atoms with E-state index in [1.807, 2.05) is 18.3 Å². The van der Waals surface area contributed by atoms with Crippen molar-refractivity contribution in [2.24, 2.45) is 5.92 Å². The minimum absolute atomic E-state index is 0.656. The number of methoxy groups -OCH3 is 1. The summed E-state index contributed by atoms with van der Waals surface area (Å²) in [6.45, 7) is 5.88. The first-order valence-electron chi connectivity index (χ1n) is 7.81. The van der Waals surface area contributed by atoms with E-state index in [4.69, 9.17) is 4.74 Å². The average Bonchev–Trinajstić information content (AvgIpc) is 3.00. The summed E-state index contributed by atoms with van der Waals surface area (Å²) < 4.78 is 5.23. The Morgan fingerprint density at radius 1 is 1.33 bits per heavy atom. The van der Waals surface area contributed by atoms with Gasteiger partial charge in [0.1, 0.15) is 0 Å². The molecule has 0 spiro atoms. The summed E-state index contributed by atoms with van der Waals surface area (Å²) in [4.78, 5) is 11.5. The summed E-state index contributed by atoms with van der Waals surface area (Å²) in [5.74, 6) is 1.54. The van der Waals surface area contributed by atoms with E-state index >= 15 is 0 Å². The second-order valence-corrected chi connectivity index (χ2v) is 5.80. The van der Waals surface area contributed by atoms with Crippen LogP contribution in [0.3, 0.4) is 0 Å². The highest BCUT2D eigenvalue weighted by Crippen LogP contribution is 2.21. The lowest BCUT2D eigenvalue weighted by molar-refractivity contribution is 0.327. The first kappa shape index (κ1) is 14.3. The topological polar surface area (TPSA) is 38.2 Å². The first-order chi connectivity index (χ1) is 10.3. The lowest BCUT2D eigenvalue weighted by atomic mass is 10.1. The second kappa shape index (κ2) is 6.39. The van der Waals surface area contributed by atoms with Gasteiger partial charge in [0.25, 0.3) is 0 Å². The maximum absolute atomic E-state index is 5.23. The van der Waals surface area contributed by atoms with Gasteiger partial charge in [0.2, 0.25) is 5.88 Å². The number of hydrogen-bond acceptors (Lipinski definition) is 4. The van der Waals surface area contributed by atoms with E-state index in [-0.39, 0.29) is 0 Å². The van der Waals surface area contributed by atoms with Crippen molar-refractivity contribution in [3.8, 4) is 5.88 Å². The molecule has 1 aliphatic rings. The number of likely N-dealkylation sites (tertiary alicyclic amines) is 1. The van der Waals surface area contributed by atoms with Gasteiger partial charge in [-0.05, 0) is 43.0 Å². The molecule has 0 aliphatic carbocycles. The van der Waals surface area contributed by atoms with Crippen molar-refractivity contribution in [2.75, 3.05) is 26.7 Å². The first-order valence-corrected chi connectivity index (χ1v) is 7.81. The second-order valence-electron chi connectivity index (χ2n) is 5.80. The molecule has 0 saturated carbocycles. The predicted octanol–water partition coefficient (Wildman–Crippen LogP) is 2.91. The highest BCUT2D eigenvalue weighted by atomic mass is 16.5. The minimum atomic E-state index is 0.656. The molecule has 21 heavy (non-hydrogen) atoms. The molecule has 1 unspecified atom stereocenters. The SMILES string of the molecule is CCC1CCN(CCc2ccnc3ccc(OC)nc23)C1. The van der Waals surface area contributed by atoms with Crippen LogP contribution < -0.4 is 4.74 Å². The van der Waals surface area contributed by atoms with Gasteiger partial charge in [-0.2, -0.15) is 0 Å². The van der Waals surface area contributed by atoms with E-state index in [1.165, 1.54) is 31.5 Å². The lowest BCUT2D eigenvalue weighted by Gasteiger charge is -2.16. The minimum Gasteiger partial charge on any atom is -0.481 e. The summed E-state index contributed by atoms with van der Waals surface area (Å²) in [6.07, 6.45) is 5.55. The molecule has 4 heteroatoms. The van der Waals surface area contributed by atoms with Gasteiger partial charge in [-0.1, -0.05) is 13.3 Å². The summed E-state index contributed by atoms with van der Waals surface area (Å²) >= 11 is 0. The van der Waals surface area contributed by atoms with Crippen molar-refractivity contribution in [2.45, 2.75) is 26.2 Å². The van der Waals surface area contributed by atoms with Crippen molar-refractivity contribution in [3.63, 3.8) is 0 Å². The fourth-order valence-corrected chi connectivity index (χ4v) is 3.10. The lowest BCUT2D eigenvalue weighted by Crippen LogP contribution is -2.23. The summed E-state index contributed by atoms with van der Waals surface area (Å²) in [5, 5.41) is 0. The molecule has 0 bridgehead atoms. The number of ether oxygens (including phenoxy) is 1. The van der Waals surface area contributed by atoms with Crippen LogP contribution in [0.5, 0.6) is 5.88 Å². The van der Waals surface area contributed by atoms with Crippen LogP contribution in [0, 0.1) is 5.92 Å². The van der Waals surface area contributed by atoms with Crippen LogP contribution in [-0.2, 0) is 6.42 Å². The fraction of sp³-hybridized carbons (Fsp3) is 0.529. The predicted molar refractivity (Wildman–Crippen MR) is 84.6 cm³/mol. The van der Waals surface area contributed by atoms with Gasteiger partial charge in [0.15, 0.2) is 0 Å². The van der Waals surface area contributed by atoms with Crippen molar-refractivity contribution in [3.05, 3.63) is 30.0 Å². The Morgan fingerprint density at radius 3 is 3.00 bits per heavy atom. The molecule has 2 aromatic heterocycles. The maximum atomic E-state index is 5.23. The standard InChI is InChI=1S/C17H23N3O/c1-3-13-7-10-20(12-13)11-8-14-6-9-18-15-4-5-16(21-2)19-17(14)15/h4-6,9,13H,3,7-8,10-12H2,1-2H3. The summed E-state index contributed by atoms with van der Waals surface area (Å²) in [6, 6.07) is 5.93. The van der Waals surface area contributed by atoms with Crippen LogP contribution >= 0.6 is 0 Å². The monoisotopic (exact) mass is 285 g/mol. The summed E-state index contributed by atoms with van der Waals surface area (Å²) in [5.41, 5.74) is 3.18. The van der Waals surface area contributed by atoms with Gasteiger partial charge in [-0.15, -0.1) is 0 Å². The molecule has 3 rings (SSSR count). The molecule has 0 N–H and O–H groups in total. The molecule has 112 valence electrons. The molecule has 0 aromatic carbocycles. The Labute approximate surface area is 126 Å². The van der Waals surface area contributed by atoms with E-state index < -0.39 is 0 Å². The van der Waals surface area contributed by atoms with Crippen LogP contribution in [0.2, 0.25) is 0 Å². The van der Waals surface area contributed by atoms with Crippen LogP contribution in [0.1, 0.15) is 25.3 Å². The van der Waals surface area contributed by atoms with Gasteiger partial charge in [-0.25, -0.2) is 4.98 Å². The molecule has 2 aromatic rings. The quantitative estimate of drug-likeness (QED) is 0.846. The molecule has 1 aliphatic heterocycles. The van der Waals surface area contributed by atoms with Crippen LogP contribution in [0.15, 0.2) is 24.4 Å². The third-order valence-electron chi connectivity index (χ3n) is 4.50. The Kier molecular flexibility index (Phi) is 4.34. The summed E-state index contributed by atoms with van der Waals surface area (Å²) in [7, 11) is 1.65.